The molecule has 96 valence electrons. The van der Waals surface area contributed by atoms with Gasteiger partial charge in [-0.1, -0.05) is 12.1 Å². The number of nitrogens with two attached hydrogens (primary N) is 1. The lowest BCUT2D eigenvalue weighted by molar-refractivity contribution is 0.970. The third-order valence-corrected chi connectivity index (χ3v) is 4.03. The van der Waals surface area contributed by atoms with Crippen molar-refractivity contribution in [1.29, 1.82) is 0 Å². The van der Waals surface area contributed by atoms with Crippen molar-refractivity contribution in [2.24, 2.45) is 5.73 Å². The minimum atomic E-state index is -0.0403. The van der Waals surface area contributed by atoms with Gasteiger partial charge >= 0.3 is 0 Å². The molecule has 2 heterocycles. The summed E-state index contributed by atoms with van der Waals surface area (Å²) in [7, 11) is 0. The maximum absolute atomic E-state index is 12.1. The van der Waals surface area contributed by atoms with Crippen LogP contribution >= 0.6 is 11.3 Å². The van der Waals surface area contributed by atoms with Crippen molar-refractivity contribution in [1.82, 2.24) is 4.98 Å². The van der Waals surface area contributed by atoms with Crippen LogP contribution in [0.25, 0.3) is 21.3 Å². The quantitative estimate of drug-likeness (QED) is 0.769. The van der Waals surface area contributed by atoms with Crippen molar-refractivity contribution in [2.45, 2.75) is 6.42 Å². The van der Waals surface area contributed by atoms with Crippen molar-refractivity contribution >= 4 is 22.2 Å². The molecule has 3 aromatic rings. The topological polar surface area (TPSA) is 58.9 Å². The van der Waals surface area contributed by atoms with Gasteiger partial charge in [-0.15, -0.1) is 11.3 Å². The number of rotatable bonds is 3. The van der Waals surface area contributed by atoms with Gasteiger partial charge in [-0.05, 0) is 53.6 Å². The van der Waals surface area contributed by atoms with Gasteiger partial charge in [0.25, 0.3) is 5.56 Å². The average Bonchev–Trinajstić information content (AvgIpc) is 2.92. The number of hydrogen-bond acceptors (Lipinski definition) is 3. The standard InChI is InChI=1S/C15H14N2OS/c16-6-5-10-3-4-13-11(8-10)9-12(15(18)17-13)14-2-1-7-19-14/h1-4,7-9H,5-6,16H2,(H,17,18). The first-order valence-electron chi connectivity index (χ1n) is 6.18. The van der Waals surface area contributed by atoms with Gasteiger partial charge in [0, 0.05) is 10.4 Å². The van der Waals surface area contributed by atoms with Crippen molar-refractivity contribution in [3.8, 4) is 10.4 Å². The number of nitrogens with one attached hydrogen (secondary N) is 1. The Bertz CT molecular complexity index is 759. The average molecular weight is 270 g/mol. The Hall–Kier alpha value is -1.91. The number of thiophene rings is 1. The molecule has 0 unspecified atom stereocenters. The largest absolute Gasteiger partial charge is 0.330 e. The fraction of sp³-hybridized carbons (Fsp3) is 0.133. The summed E-state index contributed by atoms with van der Waals surface area (Å²) in [5.41, 5.74) is 8.33. The van der Waals surface area contributed by atoms with Crippen molar-refractivity contribution < 1.29 is 0 Å². The second kappa shape index (κ2) is 4.99. The number of fused-ring (bicyclic) bond motifs is 1. The Morgan fingerprint density at radius 1 is 1.21 bits per heavy atom. The Morgan fingerprint density at radius 3 is 2.84 bits per heavy atom. The smallest absolute Gasteiger partial charge is 0.257 e. The summed E-state index contributed by atoms with van der Waals surface area (Å²) in [4.78, 5) is 16.0. The molecule has 4 heteroatoms. The van der Waals surface area contributed by atoms with E-state index in [4.69, 9.17) is 5.73 Å². The lowest BCUT2D eigenvalue weighted by Crippen LogP contribution is -2.08. The molecule has 0 aliphatic carbocycles. The van der Waals surface area contributed by atoms with Crippen LogP contribution in [0.15, 0.2) is 46.6 Å². The fourth-order valence-electron chi connectivity index (χ4n) is 2.19. The van der Waals surface area contributed by atoms with Crippen LogP contribution in [0.3, 0.4) is 0 Å². The lowest BCUT2D eigenvalue weighted by atomic mass is 10.1. The summed E-state index contributed by atoms with van der Waals surface area (Å²) >= 11 is 1.57. The van der Waals surface area contributed by atoms with Crippen molar-refractivity contribution in [3.05, 3.63) is 57.7 Å². The predicted octanol–water partition coefficient (Wildman–Crippen LogP) is 2.76. The predicted molar refractivity (Wildman–Crippen MR) is 80.6 cm³/mol. The van der Waals surface area contributed by atoms with Gasteiger partial charge in [0.15, 0.2) is 0 Å². The van der Waals surface area contributed by atoms with Gasteiger partial charge in [0.05, 0.1) is 5.56 Å². The van der Waals surface area contributed by atoms with E-state index in [1.807, 2.05) is 35.7 Å². The Morgan fingerprint density at radius 2 is 2.11 bits per heavy atom. The van der Waals surface area contributed by atoms with E-state index in [1.54, 1.807) is 11.3 Å². The van der Waals surface area contributed by atoms with E-state index in [0.717, 1.165) is 27.8 Å². The second-order valence-electron chi connectivity index (χ2n) is 4.45. The molecule has 19 heavy (non-hydrogen) atoms. The molecule has 3 N–H and O–H groups in total. The molecule has 0 amide bonds. The summed E-state index contributed by atoms with van der Waals surface area (Å²) in [5.74, 6) is 0. The minimum Gasteiger partial charge on any atom is -0.330 e. The Kier molecular flexibility index (Phi) is 3.19. The fourth-order valence-corrected chi connectivity index (χ4v) is 2.93. The molecule has 2 aromatic heterocycles. The molecule has 3 rings (SSSR count). The van der Waals surface area contributed by atoms with Gasteiger partial charge in [0.2, 0.25) is 0 Å². The Labute approximate surface area is 114 Å². The highest BCUT2D eigenvalue weighted by molar-refractivity contribution is 7.13. The molecule has 0 bridgehead atoms. The third-order valence-electron chi connectivity index (χ3n) is 3.13. The lowest BCUT2D eigenvalue weighted by Gasteiger charge is -2.04. The van der Waals surface area contributed by atoms with Crippen LogP contribution in [0, 0.1) is 0 Å². The van der Waals surface area contributed by atoms with Crippen LogP contribution in [0.4, 0.5) is 0 Å². The summed E-state index contributed by atoms with van der Waals surface area (Å²) in [6, 6.07) is 11.9. The third kappa shape index (κ3) is 2.32. The highest BCUT2D eigenvalue weighted by Gasteiger charge is 2.06. The first-order valence-corrected chi connectivity index (χ1v) is 7.06. The van der Waals surface area contributed by atoms with Gasteiger partial charge in [0.1, 0.15) is 0 Å². The molecule has 0 spiro atoms. The molecule has 0 fully saturated rings. The molecule has 0 radical (unpaired) electrons. The maximum atomic E-state index is 12.1. The normalized spacial score (nSPS) is 11.0. The Balaban J connectivity index is 2.19. The zero-order chi connectivity index (χ0) is 13.2. The van der Waals surface area contributed by atoms with E-state index in [9.17, 15) is 4.79 Å². The van der Waals surface area contributed by atoms with Gasteiger partial charge in [-0.2, -0.15) is 0 Å². The van der Waals surface area contributed by atoms with Crippen LogP contribution in [-0.2, 0) is 6.42 Å². The summed E-state index contributed by atoms with van der Waals surface area (Å²) < 4.78 is 0. The van der Waals surface area contributed by atoms with E-state index in [2.05, 4.69) is 11.1 Å². The summed E-state index contributed by atoms with van der Waals surface area (Å²) in [6.45, 7) is 0.632. The van der Waals surface area contributed by atoms with Crippen LogP contribution in [0.5, 0.6) is 0 Å². The number of hydrogen-bond donors (Lipinski definition) is 2. The van der Waals surface area contributed by atoms with Crippen LogP contribution < -0.4 is 11.3 Å². The van der Waals surface area contributed by atoms with E-state index >= 15 is 0 Å². The summed E-state index contributed by atoms with van der Waals surface area (Å²) in [5, 5.41) is 3.03. The van der Waals surface area contributed by atoms with Gasteiger partial charge < -0.3 is 10.7 Å². The van der Waals surface area contributed by atoms with Crippen LogP contribution in [-0.4, -0.2) is 11.5 Å². The number of benzene rings is 1. The van der Waals surface area contributed by atoms with E-state index in [-0.39, 0.29) is 5.56 Å². The van der Waals surface area contributed by atoms with E-state index in [0.29, 0.717) is 6.54 Å². The monoisotopic (exact) mass is 270 g/mol. The minimum absolute atomic E-state index is 0.0403. The van der Waals surface area contributed by atoms with Crippen molar-refractivity contribution in [3.63, 3.8) is 0 Å². The van der Waals surface area contributed by atoms with Crippen LogP contribution in [0.1, 0.15) is 5.56 Å². The maximum Gasteiger partial charge on any atom is 0.257 e. The second-order valence-corrected chi connectivity index (χ2v) is 5.40. The summed E-state index contributed by atoms with van der Waals surface area (Å²) in [6.07, 6.45) is 0.851. The first-order chi connectivity index (χ1) is 9.28. The molecule has 3 nitrogen and oxygen atoms in total. The van der Waals surface area contributed by atoms with E-state index in [1.165, 1.54) is 5.56 Å². The number of aromatic amines is 1. The molecule has 0 saturated carbocycles. The number of H-pyrrole nitrogens is 1. The number of pyridine rings is 1. The van der Waals surface area contributed by atoms with Gasteiger partial charge in [-0.25, -0.2) is 0 Å². The zero-order valence-corrected chi connectivity index (χ0v) is 11.2. The number of aromatic nitrogens is 1. The van der Waals surface area contributed by atoms with E-state index < -0.39 is 0 Å². The molecule has 0 atom stereocenters. The molecule has 0 aliphatic heterocycles. The SMILES string of the molecule is NCCc1ccc2[nH]c(=O)c(-c3cccs3)cc2c1. The molecular weight excluding hydrogens is 256 g/mol. The first kappa shape index (κ1) is 12.1. The van der Waals surface area contributed by atoms with Crippen LogP contribution in [0.2, 0.25) is 0 Å². The highest BCUT2D eigenvalue weighted by atomic mass is 32.1. The molecule has 0 saturated heterocycles. The van der Waals surface area contributed by atoms with Crippen molar-refractivity contribution in [2.75, 3.05) is 6.54 Å². The molecule has 1 aromatic carbocycles. The zero-order valence-electron chi connectivity index (χ0n) is 10.3. The molecule has 0 aliphatic rings. The molecular formula is C15H14N2OS. The highest BCUT2D eigenvalue weighted by Crippen LogP contribution is 2.24. The van der Waals surface area contributed by atoms with Gasteiger partial charge in [-0.3, -0.25) is 4.79 Å².